The smallest absolute Gasteiger partial charge is 0.406 e. The van der Waals surface area contributed by atoms with E-state index in [0.717, 1.165) is 117 Å². The first-order valence-electron chi connectivity index (χ1n) is 41.6. The molecule has 17 nitrogen and oxygen atoms in total. The van der Waals surface area contributed by atoms with E-state index in [4.69, 9.17) is 9.47 Å². The van der Waals surface area contributed by atoms with E-state index in [0.29, 0.717) is 84.8 Å². The molecule has 0 amide bonds. The number of fused-ring (bicyclic) bond motifs is 17. The van der Waals surface area contributed by atoms with Crippen molar-refractivity contribution in [3.8, 4) is 17.0 Å². The summed E-state index contributed by atoms with van der Waals surface area (Å²) >= 11 is 3.51. The maximum Gasteiger partial charge on any atom is 0.573 e. The number of alkyl halides is 6. The molecule has 12 aliphatic carbocycles. The number of hydrogen-bond acceptors (Lipinski definition) is 19. The van der Waals surface area contributed by atoms with Crippen LogP contribution >= 0.6 is 35.3 Å². The molecule has 17 rings (SSSR count). The van der Waals surface area contributed by atoms with Crippen molar-refractivity contribution in [2.45, 2.75) is 252 Å². The molecule has 9 saturated carbocycles. The van der Waals surface area contributed by atoms with Crippen molar-refractivity contribution >= 4 is 70.0 Å². The minimum Gasteiger partial charge on any atom is -0.406 e. The van der Waals surface area contributed by atoms with Gasteiger partial charge in [-0.25, -0.2) is 4.98 Å². The molecule has 13 aliphatic rings. The first-order valence-corrected chi connectivity index (χ1v) is 44.5. The minimum atomic E-state index is -4.77. The van der Waals surface area contributed by atoms with Crippen LogP contribution in [0, 0.1) is 85.8 Å². The number of allylic oxidation sites excluding steroid dienone is 6. The number of carbonyl (C=O) groups is 6. The first-order chi connectivity index (χ1) is 55.1. The number of aromatic nitrogens is 2. The van der Waals surface area contributed by atoms with Gasteiger partial charge in [0, 0.05) is 61.8 Å². The van der Waals surface area contributed by atoms with Crippen molar-refractivity contribution in [2.75, 3.05) is 17.3 Å². The van der Waals surface area contributed by atoms with Gasteiger partial charge in [-0.2, -0.15) is 13.2 Å². The number of aromatic amines is 1. The molecule has 630 valence electrons. The van der Waals surface area contributed by atoms with Crippen LogP contribution < -0.4 is 10.3 Å². The van der Waals surface area contributed by atoms with Crippen molar-refractivity contribution < 1.29 is 94.9 Å². The van der Waals surface area contributed by atoms with Crippen LogP contribution in [0.1, 0.15) is 182 Å². The molecule has 23 atom stereocenters. The summed E-state index contributed by atoms with van der Waals surface area (Å²) in [5.41, 5.74) is -3.71. The number of nitrogens with one attached hydrogen (secondary N) is 1. The molecular weight excluding hydrogens is 1570 g/mol. The summed E-state index contributed by atoms with van der Waals surface area (Å²) in [5.74, 6) is 0.0194. The van der Waals surface area contributed by atoms with Crippen LogP contribution in [0.25, 0.3) is 11.3 Å². The van der Waals surface area contributed by atoms with Gasteiger partial charge in [0.05, 0.1) is 52.9 Å². The van der Waals surface area contributed by atoms with Gasteiger partial charge >= 0.3 is 12.5 Å². The van der Waals surface area contributed by atoms with E-state index in [1.54, 1.807) is 18.2 Å². The number of Topliss-reactive ketones (excluding diaryl/α,β-unsaturated/α-hetero) is 3. The quantitative estimate of drug-likeness (QED) is 0.0345. The highest BCUT2D eigenvalue weighted by Crippen LogP contribution is 2.73. The number of halogens is 6. The SMILES string of the molecule is CC12CCC(=O)C=C1CCC1C2[C@@H](O)CC2(C)C1CC[C@]2(O)C(=O)CSc1ccc(C(F)(F)F)cc1.CC12CCC(=O)C=C1CCC1C2[C@@H](O)CC2(C)C1CC[C@]2(O)C(=O)CSc1nc(-c2ccccc2)cc(=O)[nH]1.CCCC1O[C@@H]2CC3C4CCC5=CC(=O)C=CC5(C)C4[C@@H](O)CC3(C)[C@]2(C(=O)CSc2ccc(OC(F)(F)F)cc2)O1. The lowest BCUT2D eigenvalue weighted by Crippen LogP contribution is -2.63. The molecule has 26 heteroatoms. The van der Waals surface area contributed by atoms with Crippen LogP contribution in [0.3, 0.4) is 0 Å². The Bertz CT molecular complexity index is 4750. The fraction of sp³-hybridized carbons (Fsp3) is 0.604. The number of rotatable bonds is 16. The average Bonchev–Trinajstić information content (AvgIpc) is 1.48. The second-order valence-corrected chi connectivity index (χ2v) is 40.1. The highest BCUT2D eigenvalue weighted by Gasteiger charge is 2.77. The van der Waals surface area contributed by atoms with Crippen molar-refractivity contribution in [1.82, 2.24) is 9.97 Å². The highest BCUT2D eigenvalue weighted by atomic mass is 32.2. The van der Waals surface area contributed by atoms with Crippen LogP contribution in [-0.4, -0.2) is 141 Å². The van der Waals surface area contributed by atoms with E-state index in [9.17, 15) is 85.4 Å². The van der Waals surface area contributed by atoms with E-state index in [1.807, 2.05) is 63.3 Å². The third kappa shape index (κ3) is 14.8. The first kappa shape index (κ1) is 85.6. The zero-order valence-electron chi connectivity index (χ0n) is 67.1. The van der Waals surface area contributed by atoms with Gasteiger partial charge in [-0.3, -0.25) is 33.6 Å². The lowest BCUT2D eigenvalue weighted by molar-refractivity contribution is -0.274. The summed E-state index contributed by atoms with van der Waals surface area (Å²) in [6.45, 7) is 14.5. The Labute approximate surface area is 690 Å². The highest BCUT2D eigenvalue weighted by molar-refractivity contribution is 8.00. The molecule has 1 saturated heterocycles. The number of nitrogens with zero attached hydrogens (tertiary/aromatic N) is 1. The monoisotopic (exact) mass is 1680 g/mol. The second kappa shape index (κ2) is 31.5. The number of aliphatic hydroxyl groups is 5. The van der Waals surface area contributed by atoms with Gasteiger partial charge in [0.1, 0.15) is 17.0 Å². The van der Waals surface area contributed by atoms with Crippen LogP contribution in [0.5, 0.6) is 5.75 Å². The van der Waals surface area contributed by atoms with Crippen LogP contribution in [-0.2, 0) is 44.4 Å². The van der Waals surface area contributed by atoms with Crippen LogP contribution in [0.15, 0.2) is 152 Å². The van der Waals surface area contributed by atoms with E-state index in [1.165, 1.54) is 59.8 Å². The summed E-state index contributed by atoms with van der Waals surface area (Å²) in [7, 11) is 0. The van der Waals surface area contributed by atoms with Crippen LogP contribution in [0.4, 0.5) is 26.3 Å². The van der Waals surface area contributed by atoms with Gasteiger partial charge in [0.2, 0.25) is 0 Å². The maximum atomic E-state index is 14.3. The number of H-pyrrole nitrogens is 1. The molecule has 6 N–H and O–H groups in total. The fourth-order valence-electron chi connectivity index (χ4n) is 25.8. The number of ketones is 6. The van der Waals surface area contributed by atoms with Gasteiger partial charge in [0.15, 0.2) is 51.7 Å². The zero-order valence-corrected chi connectivity index (χ0v) is 69.5. The predicted molar refractivity (Wildman–Crippen MR) is 429 cm³/mol. The second-order valence-electron chi connectivity index (χ2n) is 37.1. The number of carbonyl (C=O) groups excluding carboxylic acids is 6. The van der Waals surface area contributed by atoms with Crippen molar-refractivity contribution in [2.24, 2.45) is 85.8 Å². The molecule has 0 bridgehead atoms. The van der Waals surface area contributed by atoms with E-state index < -0.39 is 87.3 Å². The molecular formula is C91H106F6N2O15S3. The number of benzene rings is 3. The predicted octanol–water partition coefficient (Wildman–Crippen LogP) is 16.3. The lowest BCUT2D eigenvalue weighted by atomic mass is 9.45. The standard InChI is InChI=1S/C32H37F3O6S.C31H36N2O5S.C28H33F3O4S/c1-4-5-27-39-26-15-23-22-11-6-18-14-19(36)12-13-29(18,2)28(22)24(37)16-30(23,3)31(26,41-27)25(38)17-42-21-9-7-20(8-10-21)40-32(33,34)35;1-29-12-10-20(34)14-19(29)8-9-21-22-11-13-31(38,30(22,2)16-24(35)27(21)29)25(36)17-39-28-32-23(15-26(37)33-28)18-6-4-3-5-7-18;1-25-11-9-18(32)13-17(25)5-8-20-21-10-12-27(35,26(21,2)14-22(33)24(20)25)23(34)15-36-19-6-3-16(4-7-19)28(29,30)31/h7-10,12-14,22-24,26-28,37H,4-6,11,15-17H2,1-3H3;3-7,14-15,21-22,24,27,35,38H,8-13,16-17H2,1-2H3,(H,32,33,37);3-4,6-7,13,20-22,24,33,35H,5,8-12,14-15H2,1-2H3/t22?,23?,24-,26+,27?,28?,29?,30?,31+;21?,22?,24-,27?,29?,30?,31-;20?,21?,22-,24?,25?,26?,27-/m000/s1. The third-order valence-corrected chi connectivity index (χ3v) is 34.3. The van der Waals surface area contributed by atoms with E-state index >= 15 is 0 Å². The third-order valence-electron chi connectivity index (χ3n) is 31.4. The van der Waals surface area contributed by atoms with Gasteiger partial charge < -0.3 is 44.7 Å². The minimum absolute atomic E-state index is 0.00245. The zero-order chi connectivity index (χ0) is 83.8. The molecule has 4 aromatic rings. The Balaban J connectivity index is 0.000000138. The average molecular weight is 1680 g/mol. The Kier molecular flexibility index (Phi) is 23.1. The summed E-state index contributed by atoms with van der Waals surface area (Å²) < 4.78 is 93.3. The molecule has 117 heavy (non-hydrogen) atoms. The van der Waals surface area contributed by atoms with Gasteiger partial charge in [-0.05, 0) is 240 Å². The summed E-state index contributed by atoms with van der Waals surface area (Å²) in [6.07, 6.45) is 9.49. The lowest BCUT2D eigenvalue weighted by Gasteiger charge is -2.60. The molecule has 10 fully saturated rings. The summed E-state index contributed by atoms with van der Waals surface area (Å²) in [4.78, 5) is 98.6. The topological polar surface area (TPSA) is 277 Å². The molecule has 3 aromatic carbocycles. The Morgan fingerprint density at radius 3 is 1.61 bits per heavy atom. The molecule has 1 aliphatic heterocycles. The van der Waals surface area contributed by atoms with Gasteiger partial charge in [-0.15, -0.1) is 36.7 Å². The number of ether oxygens (including phenoxy) is 3. The number of aliphatic hydroxyl groups excluding tert-OH is 3. The van der Waals surface area contributed by atoms with E-state index in [-0.39, 0.29) is 127 Å². The Morgan fingerprint density at radius 1 is 0.581 bits per heavy atom. The van der Waals surface area contributed by atoms with Gasteiger partial charge in [-0.1, -0.05) is 120 Å². The van der Waals surface area contributed by atoms with Crippen molar-refractivity contribution in [3.63, 3.8) is 0 Å². The molecule has 0 spiro atoms. The van der Waals surface area contributed by atoms with Crippen molar-refractivity contribution in [3.05, 3.63) is 148 Å². The van der Waals surface area contributed by atoms with Crippen LogP contribution in [0.2, 0.25) is 0 Å². The Morgan fingerprint density at radius 2 is 1.08 bits per heavy atom. The van der Waals surface area contributed by atoms with E-state index in [2.05, 4.69) is 42.4 Å². The Hall–Kier alpha value is -6.33. The number of hydrogen-bond donors (Lipinski definition) is 6. The van der Waals surface area contributed by atoms with Gasteiger partial charge in [0.25, 0.3) is 5.56 Å². The maximum absolute atomic E-state index is 14.3. The largest absolute Gasteiger partial charge is 0.573 e. The molecule has 16 unspecified atom stereocenters. The molecule has 0 radical (unpaired) electrons. The summed E-state index contributed by atoms with van der Waals surface area (Å²) in [6, 6.07) is 21.0. The normalized spacial score (nSPS) is 39.4. The fourth-order valence-corrected chi connectivity index (χ4v) is 28.4. The summed E-state index contributed by atoms with van der Waals surface area (Å²) in [5, 5.41) is 59.0. The molecule has 1 aromatic heterocycles. The van der Waals surface area contributed by atoms with Crippen molar-refractivity contribution in [1.29, 1.82) is 0 Å². The number of thioether (sulfide) groups is 3. The molecule has 2 heterocycles.